The van der Waals surface area contributed by atoms with Crippen LogP contribution in [0, 0.1) is 6.92 Å². The lowest BCUT2D eigenvalue weighted by molar-refractivity contribution is 1.19. The van der Waals surface area contributed by atoms with Crippen LogP contribution in [0.25, 0.3) is 6.08 Å². The van der Waals surface area contributed by atoms with Gasteiger partial charge in [0.25, 0.3) is 0 Å². The molecule has 0 aliphatic carbocycles. The van der Waals surface area contributed by atoms with Crippen molar-refractivity contribution in [1.82, 2.24) is 4.98 Å². The fourth-order valence-corrected chi connectivity index (χ4v) is 0.852. The van der Waals surface area contributed by atoms with Crippen molar-refractivity contribution in [2.45, 2.75) is 13.8 Å². The normalized spacial score (nSPS) is 10.6. The maximum atomic E-state index is 4.15. The van der Waals surface area contributed by atoms with Gasteiger partial charge in [0.15, 0.2) is 0 Å². The van der Waals surface area contributed by atoms with Gasteiger partial charge in [0.05, 0.1) is 0 Å². The van der Waals surface area contributed by atoms with E-state index in [-0.39, 0.29) is 0 Å². The first-order valence-corrected chi connectivity index (χ1v) is 3.39. The number of aryl methyl sites for hydroxylation is 1. The highest BCUT2D eigenvalue weighted by atomic mass is 14.7. The first-order valence-electron chi connectivity index (χ1n) is 3.39. The fourth-order valence-electron chi connectivity index (χ4n) is 0.852. The average molecular weight is 133 g/mol. The largest absolute Gasteiger partial charge is 0.261 e. The fraction of sp³-hybridized carbons (Fsp3) is 0.222. The van der Waals surface area contributed by atoms with E-state index < -0.39 is 0 Å². The predicted molar refractivity (Wildman–Crippen MR) is 43.7 cm³/mol. The Hall–Kier alpha value is -1.11. The van der Waals surface area contributed by atoms with E-state index in [0.717, 1.165) is 5.69 Å². The molecule has 0 aliphatic rings. The van der Waals surface area contributed by atoms with Gasteiger partial charge in [-0.3, -0.25) is 4.98 Å². The van der Waals surface area contributed by atoms with Crippen molar-refractivity contribution in [3.8, 4) is 0 Å². The Morgan fingerprint density at radius 2 is 2.30 bits per heavy atom. The number of aromatic nitrogens is 1. The van der Waals surface area contributed by atoms with E-state index in [0.29, 0.717) is 0 Å². The van der Waals surface area contributed by atoms with E-state index in [4.69, 9.17) is 0 Å². The Balaban J connectivity index is 3.03. The minimum absolute atomic E-state index is 1.08. The van der Waals surface area contributed by atoms with E-state index in [2.05, 4.69) is 17.1 Å². The van der Waals surface area contributed by atoms with Crippen molar-refractivity contribution >= 4 is 6.08 Å². The second kappa shape index (κ2) is 3.16. The predicted octanol–water partition coefficient (Wildman–Crippen LogP) is 2.42. The molecule has 0 spiro atoms. The summed E-state index contributed by atoms with van der Waals surface area (Å²) >= 11 is 0. The lowest BCUT2D eigenvalue weighted by Crippen LogP contribution is -1.82. The van der Waals surface area contributed by atoms with E-state index in [9.17, 15) is 0 Å². The number of allylic oxidation sites excluding steroid dienone is 1. The van der Waals surface area contributed by atoms with E-state index >= 15 is 0 Å². The van der Waals surface area contributed by atoms with Crippen LogP contribution in [0.15, 0.2) is 24.4 Å². The lowest BCUT2D eigenvalue weighted by atomic mass is 10.2. The molecule has 0 saturated carbocycles. The maximum Gasteiger partial charge on any atom is 0.0444 e. The highest BCUT2D eigenvalue weighted by Crippen LogP contribution is 2.04. The summed E-state index contributed by atoms with van der Waals surface area (Å²) in [7, 11) is 0. The summed E-state index contributed by atoms with van der Waals surface area (Å²) in [6.07, 6.45) is 5.88. The quantitative estimate of drug-likeness (QED) is 0.573. The van der Waals surface area contributed by atoms with Crippen molar-refractivity contribution in [2.24, 2.45) is 0 Å². The summed E-state index contributed by atoms with van der Waals surface area (Å²) in [5, 5.41) is 0. The number of nitrogens with zero attached hydrogens (tertiary/aromatic N) is 1. The maximum absolute atomic E-state index is 4.15. The molecular weight excluding hydrogens is 122 g/mol. The molecule has 0 N–H and O–H groups in total. The molecule has 0 bridgehead atoms. The third kappa shape index (κ3) is 1.44. The molecule has 1 aromatic rings. The Kier molecular flexibility index (Phi) is 2.21. The van der Waals surface area contributed by atoms with Crippen molar-refractivity contribution in [2.75, 3.05) is 0 Å². The van der Waals surface area contributed by atoms with Gasteiger partial charge in [0, 0.05) is 11.9 Å². The van der Waals surface area contributed by atoms with Gasteiger partial charge in [0.1, 0.15) is 0 Å². The summed E-state index contributed by atoms with van der Waals surface area (Å²) < 4.78 is 0. The molecule has 0 aromatic carbocycles. The first kappa shape index (κ1) is 7.00. The third-order valence-corrected chi connectivity index (χ3v) is 1.39. The van der Waals surface area contributed by atoms with Gasteiger partial charge in [-0.1, -0.05) is 18.2 Å². The molecule has 1 heteroatoms. The number of hydrogen-bond donors (Lipinski definition) is 0. The molecule has 52 valence electrons. The van der Waals surface area contributed by atoms with Gasteiger partial charge in [-0.05, 0) is 25.5 Å². The Morgan fingerprint density at radius 1 is 1.50 bits per heavy atom. The molecule has 0 atom stereocenters. The number of hydrogen-bond acceptors (Lipinski definition) is 1. The molecule has 1 nitrogen and oxygen atoms in total. The Labute approximate surface area is 61.4 Å². The standard InChI is InChI=1S/C9H11N/c1-3-5-9-6-4-7-10-8(9)2/h3-7H,1-2H3. The van der Waals surface area contributed by atoms with Crippen LogP contribution in [-0.2, 0) is 0 Å². The highest BCUT2D eigenvalue weighted by Gasteiger charge is 1.89. The number of pyridine rings is 1. The summed E-state index contributed by atoms with van der Waals surface area (Å²) in [5.74, 6) is 0. The zero-order valence-electron chi connectivity index (χ0n) is 6.33. The molecule has 1 aromatic heterocycles. The molecular formula is C9H11N. The second-order valence-corrected chi connectivity index (χ2v) is 2.18. The first-order chi connectivity index (χ1) is 4.84. The van der Waals surface area contributed by atoms with Gasteiger partial charge in [0.2, 0.25) is 0 Å². The van der Waals surface area contributed by atoms with Gasteiger partial charge < -0.3 is 0 Å². The molecule has 0 radical (unpaired) electrons. The highest BCUT2D eigenvalue weighted by molar-refractivity contribution is 5.50. The molecule has 0 saturated heterocycles. The topological polar surface area (TPSA) is 12.9 Å². The Bertz CT molecular complexity index is 238. The third-order valence-electron chi connectivity index (χ3n) is 1.39. The molecule has 0 fully saturated rings. The molecule has 1 rings (SSSR count). The average Bonchev–Trinajstić information content (AvgIpc) is 1.94. The smallest absolute Gasteiger partial charge is 0.0444 e. The van der Waals surface area contributed by atoms with Crippen LogP contribution in [0.1, 0.15) is 18.2 Å². The van der Waals surface area contributed by atoms with E-state index in [1.807, 2.05) is 32.2 Å². The zero-order chi connectivity index (χ0) is 7.40. The van der Waals surface area contributed by atoms with Gasteiger partial charge in [-0.15, -0.1) is 0 Å². The van der Waals surface area contributed by atoms with Crippen molar-refractivity contribution < 1.29 is 0 Å². The summed E-state index contributed by atoms with van der Waals surface area (Å²) in [6.45, 7) is 4.02. The van der Waals surface area contributed by atoms with Gasteiger partial charge in [-0.2, -0.15) is 0 Å². The van der Waals surface area contributed by atoms with Crippen LogP contribution in [-0.4, -0.2) is 4.98 Å². The van der Waals surface area contributed by atoms with E-state index in [1.54, 1.807) is 0 Å². The molecule has 1 heterocycles. The number of rotatable bonds is 1. The molecule has 0 amide bonds. The summed E-state index contributed by atoms with van der Waals surface area (Å²) in [5.41, 5.74) is 2.28. The van der Waals surface area contributed by atoms with Crippen LogP contribution in [0.2, 0.25) is 0 Å². The van der Waals surface area contributed by atoms with Crippen LogP contribution >= 0.6 is 0 Å². The van der Waals surface area contributed by atoms with Crippen LogP contribution in [0.5, 0.6) is 0 Å². The van der Waals surface area contributed by atoms with Crippen molar-refractivity contribution in [3.63, 3.8) is 0 Å². The van der Waals surface area contributed by atoms with Gasteiger partial charge >= 0.3 is 0 Å². The lowest BCUT2D eigenvalue weighted by Gasteiger charge is -1.95. The van der Waals surface area contributed by atoms with Crippen molar-refractivity contribution in [1.29, 1.82) is 0 Å². The summed E-state index contributed by atoms with van der Waals surface area (Å²) in [4.78, 5) is 4.15. The van der Waals surface area contributed by atoms with Gasteiger partial charge in [-0.25, -0.2) is 0 Å². The molecule has 10 heavy (non-hydrogen) atoms. The van der Waals surface area contributed by atoms with Crippen LogP contribution in [0.4, 0.5) is 0 Å². The minimum Gasteiger partial charge on any atom is -0.261 e. The van der Waals surface area contributed by atoms with Crippen LogP contribution in [0.3, 0.4) is 0 Å². The summed E-state index contributed by atoms with van der Waals surface area (Å²) in [6, 6.07) is 4.00. The zero-order valence-corrected chi connectivity index (χ0v) is 6.33. The van der Waals surface area contributed by atoms with Crippen LogP contribution < -0.4 is 0 Å². The van der Waals surface area contributed by atoms with E-state index in [1.165, 1.54) is 5.56 Å². The second-order valence-electron chi connectivity index (χ2n) is 2.18. The Morgan fingerprint density at radius 3 is 2.90 bits per heavy atom. The SMILES string of the molecule is CC=Cc1cccnc1C. The molecule has 0 unspecified atom stereocenters. The minimum atomic E-state index is 1.08. The van der Waals surface area contributed by atoms with Crippen molar-refractivity contribution in [3.05, 3.63) is 35.7 Å². The monoisotopic (exact) mass is 133 g/mol. The molecule has 0 aliphatic heterocycles.